The predicted molar refractivity (Wildman–Crippen MR) is 59.9 cm³/mol. The molecule has 0 aromatic carbocycles. The van der Waals surface area contributed by atoms with Crippen molar-refractivity contribution in [3.8, 4) is 0 Å². The van der Waals surface area contributed by atoms with Gasteiger partial charge in [0.05, 0.1) is 0 Å². The number of carbonyl (C=O) groups is 2. The molecule has 0 fully saturated rings. The predicted octanol–water partition coefficient (Wildman–Crippen LogP) is 1.15. The molecule has 0 saturated carbocycles. The lowest BCUT2D eigenvalue weighted by atomic mass is 10.1. The second kappa shape index (κ2) is 5.92. The van der Waals surface area contributed by atoms with Crippen molar-refractivity contribution in [3.05, 3.63) is 0 Å². The Kier molecular flexibility index (Phi) is 5.44. The van der Waals surface area contributed by atoms with Gasteiger partial charge in [0.15, 0.2) is 0 Å². The van der Waals surface area contributed by atoms with Crippen molar-refractivity contribution < 1.29 is 22.8 Å². The first-order valence-corrected chi connectivity index (χ1v) is 5.34. The van der Waals surface area contributed by atoms with Gasteiger partial charge in [0.2, 0.25) is 5.91 Å². The minimum absolute atomic E-state index is 0.468. The zero-order valence-corrected chi connectivity index (χ0v) is 10.7. The van der Waals surface area contributed by atoms with Crippen LogP contribution in [0.25, 0.3) is 0 Å². The molecule has 3 amide bonds. The van der Waals surface area contributed by atoms with Gasteiger partial charge in [-0.05, 0) is 27.7 Å². The van der Waals surface area contributed by atoms with Gasteiger partial charge < -0.3 is 16.0 Å². The summed E-state index contributed by atoms with van der Waals surface area (Å²) >= 11 is 0. The highest BCUT2D eigenvalue weighted by Crippen LogP contribution is 2.11. The van der Waals surface area contributed by atoms with Crippen molar-refractivity contribution in [1.29, 1.82) is 0 Å². The highest BCUT2D eigenvalue weighted by molar-refractivity contribution is 5.87. The van der Waals surface area contributed by atoms with Crippen LogP contribution in [0.3, 0.4) is 0 Å². The molecule has 0 aromatic heterocycles. The maximum Gasteiger partial charge on any atom is 0.405 e. The summed E-state index contributed by atoms with van der Waals surface area (Å²) in [6, 6.07) is -1.96. The van der Waals surface area contributed by atoms with Gasteiger partial charge in [-0.2, -0.15) is 13.2 Å². The number of carbonyl (C=O) groups excluding carboxylic acids is 2. The third-order valence-corrected chi connectivity index (χ3v) is 1.69. The Balaban J connectivity index is 4.12. The van der Waals surface area contributed by atoms with E-state index in [9.17, 15) is 22.8 Å². The van der Waals surface area contributed by atoms with Crippen LogP contribution in [0.15, 0.2) is 0 Å². The third-order valence-electron chi connectivity index (χ3n) is 1.69. The van der Waals surface area contributed by atoms with Crippen LogP contribution in [0.4, 0.5) is 18.0 Å². The zero-order valence-electron chi connectivity index (χ0n) is 10.7. The van der Waals surface area contributed by atoms with Gasteiger partial charge in [0, 0.05) is 5.54 Å². The lowest BCUT2D eigenvalue weighted by Crippen LogP contribution is -2.53. The Morgan fingerprint density at radius 3 is 2.06 bits per heavy atom. The fraction of sp³-hybridized carbons (Fsp3) is 0.800. The number of hydrogen-bond acceptors (Lipinski definition) is 2. The van der Waals surface area contributed by atoms with Crippen molar-refractivity contribution in [1.82, 2.24) is 16.0 Å². The van der Waals surface area contributed by atoms with Crippen LogP contribution in [0.5, 0.6) is 0 Å². The molecule has 0 aliphatic carbocycles. The van der Waals surface area contributed by atoms with E-state index in [0.717, 1.165) is 0 Å². The van der Waals surface area contributed by atoms with Gasteiger partial charge in [-0.25, -0.2) is 4.79 Å². The number of alkyl halides is 3. The average Bonchev–Trinajstić information content (AvgIpc) is 2.10. The van der Waals surface area contributed by atoms with E-state index in [0.29, 0.717) is 0 Å². The van der Waals surface area contributed by atoms with E-state index >= 15 is 0 Å². The molecule has 3 N–H and O–H groups in total. The Morgan fingerprint density at radius 2 is 1.67 bits per heavy atom. The van der Waals surface area contributed by atoms with Crippen molar-refractivity contribution in [2.75, 3.05) is 6.54 Å². The molecular formula is C10H18F3N3O2. The summed E-state index contributed by atoms with van der Waals surface area (Å²) in [7, 11) is 0. The molecule has 0 aromatic rings. The molecule has 8 heteroatoms. The number of nitrogens with one attached hydrogen (secondary N) is 3. The van der Waals surface area contributed by atoms with E-state index in [4.69, 9.17) is 0 Å². The van der Waals surface area contributed by atoms with Crippen LogP contribution >= 0.6 is 0 Å². The van der Waals surface area contributed by atoms with Crippen molar-refractivity contribution in [2.24, 2.45) is 0 Å². The van der Waals surface area contributed by atoms with Gasteiger partial charge in [-0.1, -0.05) is 0 Å². The second-order valence-electron chi connectivity index (χ2n) is 4.90. The number of hydrogen-bond donors (Lipinski definition) is 3. The molecule has 1 unspecified atom stereocenters. The van der Waals surface area contributed by atoms with E-state index in [1.807, 2.05) is 0 Å². The molecular weight excluding hydrogens is 251 g/mol. The van der Waals surface area contributed by atoms with Crippen LogP contribution in [-0.2, 0) is 4.79 Å². The zero-order chi connectivity index (χ0) is 14.6. The highest BCUT2D eigenvalue weighted by Gasteiger charge is 2.28. The van der Waals surface area contributed by atoms with Crippen LogP contribution in [0, 0.1) is 0 Å². The smallest absolute Gasteiger partial charge is 0.350 e. The van der Waals surface area contributed by atoms with Crippen LogP contribution in [0.1, 0.15) is 27.7 Å². The summed E-state index contributed by atoms with van der Waals surface area (Å²) in [5.41, 5.74) is -0.477. The highest BCUT2D eigenvalue weighted by atomic mass is 19.4. The lowest BCUT2D eigenvalue weighted by molar-refractivity contribution is -0.124. The number of amides is 3. The second-order valence-corrected chi connectivity index (χ2v) is 4.90. The first-order valence-electron chi connectivity index (χ1n) is 5.34. The quantitative estimate of drug-likeness (QED) is 0.719. The largest absolute Gasteiger partial charge is 0.405 e. The number of halogens is 3. The fourth-order valence-corrected chi connectivity index (χ4v) is 0.972. The number of urea groups is 1. The maximum absolute atomic E-state index is 11.8. The van der Waals surface area contributed by atoms with E-state index in [2.05, 4.69) is 10.6 Å². The molecule has 0 heterocycles. The van der Waals surface area contributed by atoms with Crippen molar-refractivity contribution >= 4 is 11.9 Å². The molecule has 0 radical (unpaired) electrons. The van der Waals surface area contributed by atoms with Crippen LogP contribution in [0.2, 0.25) is 0 Å². The van der Waals surface area contributed by atoms with Gasteiger partial charge in [0.25, 0.3) is 0 Å². The first-order chi connectivity index (χ1) is 7.91. The molecule has 0 rings (SSSR count). The van der Waals surface area contributed by atoms with E-state index in [1.54, 1.807) is 26.1 Å². The molecule has 0 spiro atoms. The molecule has 0 aliphatic heterocycles. The lowest BCUT2D eigenvalue weighted by Gasteiger charge is -2.23. The van der Waals surface area contributed by atoms with Gasteiger partial charge in [-0.15, -0.1) is 0 Å². The molecule has 1 atom stereocenters. The summed E-state index contributed by atoms with van der Waals surface area (Å²) in [6.07, 6.45) is -4.48. The SMILES string of the molecule is CC(NC(=O)NCC(F)(F)F)C(=O)NC(C)(C)C. The average molecular weight is 269 g/mol. The van der Waals surface area contributed by atoms with Gasteiger partial charge in [0.1, 0.15) is 12.6 Å². The monoisotopic (exact) mass is 269 g/mol. The summed E-state index contributed by atoms with van der Waals surface area (Å²) in [5, 5.41) is 6.32. The standard InChI is InChI=1S/C10H18F3N3O2/c1-6(7(17)16-9(2,3)4)15-8(18)14-5-10(11,12)13/h6H,5H2,1-4H3,(H,16,17)(H2,14,15,18). The summed E-state index contributed by atoms with van der Waals surface area (Å²) in [5.74, 6) is -0.468. The fourth-order valence-electron chi connectivity index (χ4n) is 0.972. The first kappa shape index (κ1) is 16.5. The summed E-state index contributed by atoms with van der Waals surface area (Å²) < 4.78 is 35.4. The third kappa shape index (κ3) is 8.66. The topological polar surface area (TPSA) is 70.2 Å². The molecule has 0 bridgehead atoms. The Morgan fingerprint density at radius 1 is 1.17 bits per heavy atom. The van der Waals surface area contributed by atoms with E-state index < -0.39 is 36.2 Å². The molecule has 0 saturated heterocycles. The molecule has 106 valence electrons. The molecule has 5 nitrogen and oxygen atoms in total. The van der Waals surface area contributed by atoms with Crippen LogP contribution < -0.4 is 16.0 Å². The Bertz CT molecular complexity index is 310. The number of rotatable bonds is 3. The summed E-state index contributed by atoms with van der Waals surface area (Å²) in [6.45, 7) is 5.20. The van der Waals surface area contributed by atoms with Gasteiger partial charge in [-0.3, -0.25) is 4.79 Å². The molecule has 0 aliphatic rings. The molecule has 18 heavy (non-hydrogen) atoms. The van der Waals surface area contributed by atoms with Crippen molar-refractivity contribution in [3.63, 3.8) is 0 Å². The minimum atomic E-state index is -4.48. The maximum atomic E-state index is 11.8. The minimum Gasteiger partial charge on any atom is -0.350 e. The van der Waals surface area contributed by atoms with E-state index in [1.165, 1.54) is 6.92 Å². The Hall–Kier alpha value is -1.47. The van der Waals surface area contributed by atoms with Crippen LogP contribution in [-0.4, -0.2) is 36.2 Å². The van der Waals surface area contributed by atoms with Gasteiger partial charge >= 0.3 is 12.2 Å². The summed E-state index contributed by atoms with van der Waals surface area (Å²) in [4.78, 5) is 22.6. The Labute approximate surface area is 103 Å². The van der Waals surface area contributed by atoms with E-state index in [-0.39, 0.29) is 0 Å². The normalized spacial score (nSPS) is 13.7. The van der Waals surface area contributed by atoms with Crippen molar-refractivity contribution in [2.45, 2.75) is 45.5 Å².